The lowest BCUT2D eigenvalue weighted by Crippen LogP contribution is -2.35. The number of halogens is 1. The van der Waals surface area contributed by atoms with E-state index in [1.807, 2.05) is 13.8 Å². The zero-order valence-electron chi connectivity index (χ0n) is 10.9. The second-order valence-corrected chi connectivity index (χ2v) is 5.06. The molecule has 1 aromatic rings. The first-order chi connectivity index (χ1) is 8.82. The summed E-state index contributed by atoms with van der Waals surface area (Å²) >= 11 is 3.24. The number of hydrogen-bond acceptors (Lipinski definition) is 5. The van der Waals surface area contributed by atoms with Gasteiger partial charge in [-0.25, -0.2) is 4.98 Å². The highest BCUT2D eigenvalue weighted by Crippen LogP contribution is 2.30. The van der Waals surface area contributed by atoms with E-state index in [2.05, 4.69) is 31.5 Å². The molecule has 0 saturated carbocycles. The first kappa shape index (κ1) is 15.4. The van der Waals surface area contributed by atoms with Crippen molar-refractivity contribution < 1.29 is 9.72 Å². The Hall–Kier alpha value is -1.70. The Morgan fingerprint density at radius 3 is 2.74 bits per heavy atom. The van der Waals surface area contributed by atoms with Crippen LogP contribution in [0.1, 0.15) is 19.4 Å². The summed E-state index contributed by atoms with van der Waals surface area (Å²) in [5.74, 6) is 0.238. The predicted molar refractivity (Wildman–Crippen MR) is 75.1 cm³/mol. The van der Waals surface area contributed by atoms with Crippen molar-refractivity contribution in [3.05, 3.63) is 26.3 Å². The summed E-state index contributed by atoms with van der Waals surface area (Å²) in [4.78, 5) is 25.6. The van der Waals surface area contributed by atoms with Crippen molar-refractivity contribution in [3.8, 4) is 0 Å². The molecule has 0 unspecified atom stereocenters. The zero-order valence-corrected chi connectivity index (χ0v) is 12.4. The molecule has 0 spiro atoms. The predicted octanol–water partition coefficient (Wildman–Crippen LogP) is 2.00. The van der Waals surface area contributed by atoms with Gasteiger partial charge in [0.15, 0.2) is 0 Å². The summed E-state index contributed by atoms with van der Waals surface area (Å²) in [5, 5.41) is 16.3. The first-order valence-electron chi connectivity index (χ1n) is 5.65. The van der Waals surface area contributed by atoms with Crippen molar-refractivity contribution >= 4 is 33.3 Å². The number of rotatable bonds is 5. The lowest BCUT2D eigenvalue weighted by Gasteiger charge is -2.11. The van der Waals surface area contributed by atoms with Crippen molar-refractivity contribution in [1.82, 2.24) is 10.3 Å². The average Bonchev–Trinajstić information content (AvgIpc) is 2.29. The van der Waals surface area contributed by atoms with E-state index in [-0.39, 0.29) is 24.2 Å². The SMILES string of the molecule is Cc1c([N+](=O)[O-])cnc(NCC(=O)NC(C)C)c1Br. The van der Waals surface area contributed by atoms with Gasteiger partial charge in [0.05, 0.1) is 15.9 Å². The monoisotopic (exact) mass is 330 g/mol. The van der Waals surface area contributed by atoms with Crippen molar-refractivity contribution in [1.29, 1.82) is 0 Å². The molecule has 1 heterocycles. The van der Waals surface area contributed by atoms with Gasteiger partial charge in [0.1, 0.15) is 12.0 Å². The fourth-order valence-corrected chi connectivity index (χ4v) is 1.86. The molecule has 19 heavy (non-hydrogen) atoms. The summed E-state index contributed by atoms with van der Waals surface area (Å²) in [6.07, 6.45) is 1.17. The Bertz CT molecular complexity index is 505. The molecular formula is C11H15BrN4O3. The molecule has 1 aromatic heterocycles. The third kappa shape index (κ3) is 4.16. The quantitative estimate of drug-likeness (QED) is 0.635. The molecule has 0 aliphatic carbocycles. The fourth-order valence-electron chi connectivity index (χ4n) is 1.41. The normalized spacial score (nSPS) is 10.4. The molecule has 7 nitrogen and oxygen atoms in total. The average molecular weight is 331 g/mol. The van der Waals surface area contributed by atoms with Crippen LogP contribution in [-0.2, 0) is 4.79 Å². The van der Waals surface area contributed by atoms with Gasteiger partial charge in [0.25, 0.3) is 5.69 Å². The van der Waals surface area contributed by atoms with Gasteiger partial charge in [-0.2, -0.15) is 0 Å². The number of nitrogens with one attached hydrogen (secondary N) is 2. The molecule has 0 atom stereocenters. The second kappa shape index (κ2) is 6.46. The highest BCUT2D eigenvalue weighted by molar-refractivity contribution is 9.10. The number of pyridine rings is 1. The smallest absolute Gasteiger partial charge is 0.291 e. The Morgan fingerprint density at radius 1 is 1.58 bits per heavy atom. The summed E-state index contributed by atoms with van der Waals surface area (Å²) in [6, 6.07) is 0.0595. The number of carbonyl (C=O) groups is 1. The molecule has 0 fully saturated rings. The molecule has 1 rings (SSSR count). The second-order valence-electron chi connectivity index (χ2n) is 4.26. The maximum atomic E-state index is 11.5. The van der Waals surface area contributed by atoms with Gasteiger partial charge in [-0.05, 0) is 36.7 Å². The van der Waals surface area contributed by atoms with Gasteiger partial charge >= 0.3 is 0 Å². The summed E-state index contributed by atoms with van der Waals surface area (Å²) in [5.41, 5.74) is 0.399. The lowest BCUT2D eigenvalue weighted by molar-refractivity contribution is -0.385. The van der Waals surface area contributed by atoms with Crippen LogP contribution in [0.5, 0.6) is 0 Å². The highest BCUT2D eigenvalue weighted by atomic mass is 79.9. The van der Waals surface area contributed by atoms with Crippen LogP contribution >= 0.6 is 15.9 Å². The van der Waals surface area contributed by atoms with E-state index in [9.17, 15) is 14.9 Å². The Morgan fingerprint density at radius 2 is 2.21 bits per heavy atom. The van der Waals surface area contributed by atoms with Crippen LogP contribution in [0.15, 0.2) is 10.7 Å². The van der Waals surface area contributed by atoms with Crippen molar-refractivity contribution in [2.24, 2.45) is 0 Å². The summed E-state index contributed by atoms with van der Waals surface area (Å²) in [7, 11) is 0. The van der Waals surface area contributed by atoms with Crippen LogP contribution in [0.2, 0.25) is 0 Å². The standard InChI is InChI=1S/C11H15BrN4O3/c1-6(2)15-9(17)5-14-11-10(12)7(3)8(4-13-11)16(18)19/h4,6H,5H2,1-3H3,(H,13,14)(H,15,17). The molecule has 0 aliphatic rings. The molecule has 1 amide bonds. The van der Waals surface area contributed by atoms with Crippen LogP contribution < -0.4 is 10.6 Å². The minimum atomic E-state index is -0.498. The van der Waals surface area contributed by atoms with E-state index in [4.69, 9.17) is 0 Å². The maximum absolute atomic E-state index is 11.5. The fraction of sp³-hybridized carbons (Fsp3) is 0.455. The van der Waals surface area contributed by atoms with E-state index in [0.717, 1.165) is 0 Å². The van der Waals surface area contributed by atoms with Crippen molar-refractivity contribution in [2.45, 2.75) is 26.8 Å². The number of nitro groups is 1. The van der Waals surface area contributed by atoms with E-state index in [0.29, 0.717) is 15.9 Å². The molecule has 104 valence electrons. The number of aromatic nitrogens is 1. The Kier molecular flexibility index (Phi) is 5.22. The number of carbonyl (C=O) groups excluding carboxylic acids is 1. The van der Waals surface area contributed by atoms with Gasteiger partial charge < -0.3 is 10.6 Å². The van der Waals surface area contributed by atoms with Gasteiger partial charge in [0, 0.05) is 11.6 Å². The minimum absolute atomic E-state index is 0.0566. The third-order valence-electron chi connectivity index (χ3n) is 2.30. The van der Waals surface area contributed by atoms with E-state index in [1.165, 1.54) is 6.20 Å². The lowest BCUT2D eigenvalue weighted by atomic mass is 10.2. The van der Waals surface area contributed by atoms with Crippen molar-refractivity contribution in [3.63, 3.8) is 0 Å². The van der Waals surface area contributed by atoms with Gasteiger partial charge in [-0.15, -0.1) is 0 Å². The summed E-state index contributed by atoms with van der Waals surface area (Å²) < 4.78 is 0.485. The number of amides is 1. The largest absolute Gasteiger partial charge is 0.360 e. The Labute approximate surface area is 119 Å². The minimum Gasteiger partial charge on any atom is -0.360 e. The zero-order chi connectivity index (χ0) is 14.6. The van der Waals surface area contributed by atoms with Crippen LogP contribution in [0.4, 0.5) is 11.5 Å². The maximum Gasteiger partial charge on any atom is 0.291 e. The van der Waals surface area contributed by atoms with Gasteiger partial charge in [-0.3, -0.25) is 14.9 Å². The van der Waals surface area contributed by atoms with Gasteiger partial charge in [0.2, 0.25) is 5.91 Å². The van der Waals surface area contributed by atoms with E-state index in [1.54, 1.807) is 6.92 Å². The molecule has 0 aromatic carbocycles. The molecule has 8 heteroatoms. The molecular weight excluding hydrogens is 316 g/mol. The topological polar surface area (TPSA) is 97.2 Å². The molecule has 0 radical (unpaired) electrons. The van der Waals surface area contributed by atoms with Crippen molar-refractivity contribution in [2.75, 3.05) is 11.9 Å². The molecule has 0 bridgehead atoms. The van der Waals surface area contributed by atoms with Gasteiger partial charge in [-0.1, -0.05) is 0 Å². The molecule has 0 saturated heterocycles. The van der Waals surface area contributed by atoms with Crippen LogP contribution in [0.3, 0.4) is 0 Å². The third-order valence-corrected chi connectivity index (χ3v) is 3.27. The first-order valence-corrected chi connectivity index (χ1v) is 6.45. The molecule has 2 N–H and O–H groups in total. The van der Waals surface area contributed by atoms with Crippen LogP contribution in [0.25, 0.3) is 0 Å². The number of anilines is 1. The van der Waals surface area contributed by atoms with Crippen LogP contribution in [-0.4, -0.2) is 28.4 Å². The summed E-state index contributed by atoms with van der Waals surface area (Å²) in [6.45, 7) is 5.40. The Balaban J connectivity index is 2.78. The number of nitrogens with zero attached hydrogens (tertiary/aromatic N) is 2. The molecule has 0 aliphatic heterocycles. The van der Waals surface area contributed by atoms with Crippen LogP contribution in [0, 0.1) is 17.0 Å². The number of hydrogen-bond donors (Lipinski definition) is 2. The van der Waals surface area contributed by atoms with E-state index < -0.39 is 4.92 Å². The van der Waals surface area contributed by atoms with E-state index >= 15 is 0 Å². The highest BCUT2D eigenvalue weighted by Gasteiger charge is 2.17.